The molecule has 0 spiro atoms. The number of carbonyl (C=O) groups excluding carboxylic acids is 1. The van der Waals surface area contributed by atoms with Crippen molar-refractivity contribution in [3.63, 3.8) is 0 Å². The van der Waals surface area contributed by atoms with E-state index < -0.39 is 0 Å². The lowest BCUT2D eigenvalue weighted by Gasteiger charge is -2.27. The lowest BCUT2D eigenvalue weighted by molar-refractivity contribution is -0.120. The van der Waals surface area contributed by atoms with Gasteiger partial charge in [-0.25, -0.2) is 0 Å². The largest absolute Gasteiger partial charge is 0.483 e. The Labute approximate surface area is 132 Å². The first-order valence-electron chi connectivity index (χ1n) is 7.57. The number of hydrogen-bond donors (Lipinski definition) is 0. The minimum absolute atomic E-state index is 0.0391. The van der Waals surface area contributed by atoms with E-state index in [9.17, 15) is 4.79 Å². The number of anilines is 1. The average Bonchev–Trinajstić information content (AvgIpc) is 2.49. The van der Waals surface area contributed by atoms with E-state index in [2.05, 4.69) is 0 Å². The molecule has 0 N–H and O–H groups in total. The normalized spacial score (nSPS) is 10.6. The molecule has 0 fully saturated rings. The van der Waals surface area contributed by atoms with E-state index in [4.69, 9.17) is 4.74 Å². The van der Waals surface area contributed by atoms with E-state index in [1.165, 1.54) is 0 Å². The minimum Gasteiger partial charge on any atom is -0.483 e. The Balaban J connectivity index is 2.11. The van der Waals surface area contributed by atoms with E-state index in [1.807, 2.05) is 76.2 Å². The van der Waals surface area contributed by atoms with Crippen molar-refractivity contribution in [2.45, 2.75) is 33.7 Å². The van der Waals surface area contributed by atoms with E-state index in [0.717, 1.165) is 22.6 Å². The second-order valence-corrected chi connectivity index (χ2v) is 5.68. The molecule has 0 unspecified atom stereocenters. The van der Waals surface area contributed by atoms with Crippen molar-refractivity contribution in [2.75, 3.05) is 11.5 Å². The van der Waals surface area contributed by atoms with Crippen molar-refractivity contribution >= 4 is 11.6 Å². The number of aryl methyl sites for hydroxylation is 1. The van der Waals surface area contributed by atoms with Crippen molar-refractivity contribution in [1.82, 2.24) is 0 Å². The molecule has 0 aliphatic rings. The summed E-state index contributed by atoms with van der Waals surface area (Å²) in [5, 5.41) is 0. The van der Waals surface area contributed by atoms with Crippen LogP contribution in [0.3, 0.4) is 0 Å². The Bertz CT molecular complexity index is 635. The Morgan fingerprint density at radius 1 is 1.05 bits per heavy atom. The maximum Gasteiger partial charge on any atom is 0.265 e. The fraction of sp³-hybridized carbons (Fsp3) is 0.316. The number of benzene rings is 2. The molecule has 0 saturated carbocycles. The van der Waals surface area contributed by atoms with Gasteiger partial charge in [-0.15, -0.1) is 0 Å². The van der Waals surface area contributed by atoms with Crippen LogP contribution < -0.4 is 9.64 Å². The fourth-order valence-electron chi connectivity index (χ4n) is 2.41. The monoisotopic (exact) mass is 297 g/mol. The van der Waals surface area contributed by atoms with E-state index >= 15 is 0 Å². The van der Waals surface area contributed by atoms with E-state index in [0.29, 0.717) is 0 Å². The van der Waals surface area contributed by atoms with Gasteiger partial charge in [-0.1, -0.05) is 30.3 Å². The number of rotatable bonds is 5. The second-order valence-electron chi connectivity index (χ2n) is 5.68. The van der Waals surface area contributed by atoms with Gasteiger partial charge in [-0.05, 0) is 57.0 Å². The minimum atomic E-state index is -0.0397. The lowest BCUT2D eigenvalue weighted by Crippen LogP contribution is -2.40. The number of para-hydroxylation sites is 1. The fourth-order valence-corrected chi connectivity index (χ4v) is 2.41. The van der Waals surface area contributed by atoms with Crippen LogP contribution in [0.5, 0.6) is 5.75 Å². The summed E-state index contributed by atoms with van der Waals surface area (Å²) in [6.07, 6.45) is 0. The van der Waals surface area contributed by atoms with Crippen LogP contribution in [0.4, 0.5) is 5.69 Å². The standard InChI is InChI=1S/C19H23NO2/c1-14(2)20(17-10-6-5-7-11-17)19(21)13-22-18-12-8-9-15(3)16(18)4/h5-12,14H,13H2,1-4H3. The molecule has 2 aromatic rings. The molecule has 0 aliphatic heterocycles. The third-order valence-corrected chi connectivity index (χ3v) is 3.73. The summed E-state index contributed by atoms with van der Waals surface area (Å²) in [6, 6.07) is 15.7. The number of carbonyl (C=O) groups is 1. The molecule has 0 saturated heterocycles. The molecule has 0 heterocycles. The first kappa shape index (κ1) is 16.1. The highest BCUT2D eigenvalue weighted by atomic mass is 16.5. The second kappa shape index (κ2) is 7.12. The summed E-state index contributed by atoms with van der Waals surface area (Å²) in [6.45, 7) is 8.09. The smallest absolute Gasteiger partial charge is 0.265 e. The highest BCUT2D eigenvalue weighted by molar-refractivity contribution is 5.94. The maximum absolute atomic E-state index is 12.6. The first-order chi connectivity index (χ1) is 10.5. The number of ether oxygens (including phenoxy) is 1. The summed E-state index contributed by atoms with van der Waals surface area (Å²) in [4.78, 5) is 14.3. The Morgan fingerprint density at radius 3 is 2.36 bits per heavy atom. The molecule has 116 valence electrons. The quantitative estimate of drug-likeness (QED) is 0.830. The topological polar surface area (TPSA) is 29.5 Å². The zero-order valence-corrected chi connectivity index (χ0v) is 13.7. The molecule has 2 aromatic carbocycles. The van der Waals surface area contributed by atoms with E-state index in [-0.39, 0.29) is 18.6 Å². The summed E-state index contributed by atoms with van der Waals surface area (Å²) >= 11 is 0. The molecule has 2 rings (SSSR count). The van der Waals surface area contributed by atoms with E-state index in [1.54, 1.807) is 4.90 Å². The maximum atomic E-state index is 12.6. The molecular formula is C19H23NO2. The molecule has 0 bridgehead atoms. The van der Waals surface area contributed by atoms with Crippen molar-refractivity contribution < 1.29 is 9.53 Å². The van der Waals surface area contributed by atoms with Crippen molar-refractivity contribution in [3.8, 4) is 5.75 Å². The number of nitrogens with zero attached hydrogens (tertiary/aromatic N) is 1. The van der Waals surface area contributed by atoms with Crippen LogP contribution in [-0.4, -0.2) is 18.6 Å². The van der Waals surface area contributed by atoms with Gasteiger partial charge >= 0.3 is 0 Å². The summed E-state index contributed by atoms with van der Waals surface area (Å²) in [5.74, 6) is 0.729. The van der Waals surface area contributed by atoms with Gasteiger partial charge in [0.2, 0.25) is 0 Å². The van der Waals surface area contributed by atoms with Gasteiger partial charge in [0.05, 0.1) is 0 Å². The van der Waals surface area contributed by atoms with Crippen LogP contribution in [0, 0.1) is 13.8 Å². The number of hydrogen-bond acceptors (Lipinski definition) is 2. The molecule has 0 aliphatic carbocycles. The zero-order chi connectivity index (χ0) is 16.1. The SMILES string of the molecule is Cc1cccc(OCC(=O)N(c2ccccc2)C(C)C)c1C. The Morgan fingerprint density at radius 2 is 1.73 bits per heavy atom. The Hall–Kier alpha value is -2.29. The average molecular weight is 297 g/mol. The van der Waals surface area contributed by atoms with Crippen LogP contribution in [0.2, 0.25) is 0 Å². The molecule has 1 amide bonds. The molecule has 0 radical (unpaired) electrons. The highest BCUT2D eigenvalue weighted by Gasteiger charge is 2.19. The number of amides is 1. The van der Waals surface area contributed by atoms with Crippen molar-refractivity contribution in [2.24, 2.45) is 0 Å². The van der Waals surface area contributed by atoms with Crippen LogP contribution in [0.1, 0.15) is 25.0 Å². The van der Waals surface area contributed by atoms with Gasteiger partial charge in [0, 0.05) is 11.7 Å². The van der Waals surface area contributed by atoms with Gasteiger partial charge in [-0.3, -0.25) is 4.79 Å². The molecule has 3 nitrogen and oxygen atoms in total. The third-order valence-electron chi connectivity index (χ3n) is 3.73. The van der Waals surface area contributed by atoms with Gasteiger partial charge < -0.3 is 9.64 Å². The summed E-state index contributed by atoms with van der Waals surface area (Å²) in [7, 11) is 0. The van der Waals surface area contributed by atoms with Crippen molar-refractivity contribution in [1.29, 1.82) is 0 Å². The van der Waals surface area contributed by atoms with Crippen LogP contribution in [0.15, 0.2) is 48.5 Å². The first-order valence-corrected chi connectivity index (χ1v) is 7.57. The molecular weight excluding hydrogens is 274 g/mol. The predicted octanol–water partition coefficient (Wildman–Crippen LogP) is 4.12. The van der Waals surface area contributed by atoms with Crippen LogP contribution in [0.25, 0.3) is 0 Å². The lowest BCUT2D eigenvalue weighted by atomic mass is 10.1. The predicted molar refractivity (Wildman–Crippen MR) is 90.5 cm³/mol. The molecule has 22 heavy (non-hydrogen) atoms. The third kappa shape index (κ3) is 3.67. The van der Waals surface area contributed by atoms with Crippen molar-refractivity contribution in [3.05, 3.63) is 59.7 Å². The highest BCUT2D eigenvalue weighted by Crippen LogP contribution is 2.21. The van der Waals surface area contributed by atoms with Gasteiger partial charge in [-0.2, -0.15) is 0 Å². The summed E-state index contributed by atoms with van der Waals surface area (Å²) in [5.41, 5.74) is 3.13. The zero-order valence-electron chi connectivity index (χ0n) is 13.7. The molecule has 0 atom stereocenters. The van der Waals surface area contributed by atoms with Crippen LogP contribution >= 0.6 is 0 Å². The Kier molecular flexibility index (Phi) is 5.21. The molecule has 0 aromatic heterocycles. The van der Waals surface area contributed by atoms with Gasteiger partial charge in [0.1, 0.15) is 5.75 Å². The molecule has 3 heteroatoms. The summed E-state index contributed by atoms with van der Waals surface area (Å²) < 4.78 is 5.74. The van der Waals surface area contributed by atoms with Gasteiger partial charge in [0.25, 0.3) is 5.91 Å². The van der Waals surface area contributed by atoms with Crippen LogP contribution in [-0.2, 0) is 4.79 Å². The van der Waals surface area contributed by atoms with Gasteiger partial charge in [0.15, 0.2) is 6.61 Å².